The van der Waals surface area contributed by atoms with E-state index in [1.807, 2.05) is 85.5 Å². The Balaban J connectivity index is 1.93. The Morgan fingerprint density at radius 1 is 0.920 bits per heavy atom. The summed E-state index contributed by atoms with van der Waals surface area (Å²) in [5.74, 6) is -0.118. The van der Waals surface area contributed by atoms with Crippen molar-refractivity contribution in [3.8, 4) is 0 Å². The molecule has 0 aliphatic rings. The first-order valence-electron chi connectivity index (χ1n) is 8.35. The van der Waals surface area contributed by atoms with E-state index in [0.29, 0.717) is 12.2 Å². The lowest BCUT2D eigenvalue weighted by atomic mass is 10.1. The number of benzene rings is 2. The molecule has 1 amide bonds. The first-order valence-corrected chi connectivity index (χ1v) is 8.35. The summed E-state index contributed by atoms with van der Waals surface area (Å²) >= 11 is 0. The third-order valence-electron chi connectivity index (χ3n) is 4.22. The van der Waals surface area contributed by atoms with E-state index in [2.05, 4.69) is 10.2 Å². The molecule has 0 N–H and O–H groups in total. The number of aryl methyl sites for hydroxylation is 1. The van der Waals surface area contributed by atoms with Crippen molar-refractivity contribution < 1.29 is 4.79 Å². The molecule has 0 spiro atoms. The molecular weight excluding hydrogens is 310 g/mol. The summed E-state index contributed by atoms with van der Waals surface area (Å²) in [6, 6.07) is 23.5. The van der Waals surface area contributed by atoms with Crippen molar-refractivity contribution in [3.63, 3.8) is 0 Å². The Morgan fingerprint density at radius 2 is 1.56 bits per heavy atom. The van der Waals surface area contributed by atoms with E-state index < -0.39 is 0 Å². The quantitative estimate of drug-likeness (QED) is 0.704. The zero-order chi connectivity index (χ0) is 17.6. The van der Waals surface area contributed by atoms with E-state index in [1.165, 1.54) is 0 Å². The molecule has 0 aliphatic heterocycles. The van der Waals surface area contributed by atoms with Gasteiger partial charge in [0.05, 0.1) is 11.7 Å². The van der Waals surface area contributed by atoms with Crippen LogP contribution in [0.1, 0.15) is 40.3 Å². The fourth-order valence-corrected chi connectivity index (χ4v) is 2.74. The molecule has 0 aliphatic carbocycles. The standard InChI is InChI=1S/C21H21N3O/c1-16-13-14-20(23-22-16)21(25)24(15-18-9-5-3-6-10-18)17(2)19-11-7-4-8-12-19/h3-14,17H,15H2,1-2H3/t17-/m1/s1. The lowest BCUT2D eigenvalue weighted by Crippen LogP contribution is -2.34. The van der Waals surface area contributed by atoms with Crippen LogP contribution in [0.15, 0.2) is 72.8 Å². The molecule has 1 atom stereocenters. The number of amides is 1. The van der Waals surface area contributed by atoms with Crippen molar-refractivity contribution in [1.82, 2.24) is 15.1 Å². The summed E-state index contributed by atoms with van der Waals surface area (Å²) in [5.41, 5.74) is 3.33. The van der Waals surface area contributed by atoms with Crippen LogP contribution in [0.25, 0.3) is 0 Å². The third-order valence-corrected chi connectivity index (χ3v) is 4.22. The summed E-state index contributed by atoms with van der Waals surface area (Å²) in [4.78, 5) is 14.9. The maximum Gasteiger partial charge on any atom is 0.275 e. The van der Waals surface area contributed by atoms with E-state index in [9.17, 15) is 4.79 Å². The Labute approximate surface area is 148 Å². The van der Waals surface area contributed by atoms with Gasteiger partial charge in [-0.2, -0.15) is 5.10 Å². The van der Waals surface area contributed by atoms with Crippen molar-refractivity contribution in [3.05, 3.63) is 95.3 Å². The largest absolute Gasteiger partial charge is 0.326 e. The van der Waals surface area contributed by atoms with Gasteiger partial charge in [0.1, 0.15) is 0 Å². The van der Waals surface area contributed by atoms with Crippen LogP contribution in [0.4, 0.5) is 0 Å². The van der Waals surface area contributed by atoms with Gasteiger partial charge in [-0.1, -0.05) is 60.7 Å². The highest BCUT2D eigenvalue weighted by molar-refractivity contribution is 5.92. The van der Waals surface area contributed by atoms with Gasteiger partial charge >= 0.3 is 0 Å². The average molecular weight is 331 g/mol. The summed E-state index contributed by atoms with van der Waals surface area (Å²) in [7, 11) is 0. The number of aromatic nitrogens is 2. The maximum absolute atomic E-state index is 13.1. The minimum absolute atomic E-state index is 0.0722. The van der Waals surface area contributed by atoms with Gasteiger partial charge in [0.15, 0.2) is 5.69 Å². The lowest BCUT2D eigenvalue weighted by molar-refractivity contribution is 0.0666. The van der Waals surface area contributed by atoms with Crippen molar-refractivity contribution in [2.24, 2.45) is 0 Å². The molecule has 126 valence electrons. The van der Waals surface area contributed by atoms with Crippen molar-refractivity contribution >= 4 is 5.91 Å². The van der Waals surface area contributed by atoms with Gasteiger partial charge in [0.25, 0.3) is 5.91 Å². The molecule has 0 radical (unpaired) electrons. The number of nitrogens with zero attached hydrogens (tertiary/aromatic N) is 3. The van der Waals surface area contributed by atoms with Crippen LogP contribution in [0.5, 0.6) is 0 Å². The van der Waals surface area contributed by atoms with Gasteiger partial charge in [-0.15, -0.1) is 5.10 Å². The molecule has 1 aromatic heterocycles. The van der Waals surface area contributed by atoms with Crippen LogP contribution < -0.4 is 0 Å². The molecule has 2 aromatic carbocycles. The SMILES string of the molecule is Cc1ccc(C(=O)N(Cc2ccccc2)[C@H](C)c2ccccc2)nn1. The fraction of sp³-hybridized carbons (Fsp3) is 0.190. The van der Waals surface area contributed by atoms with Gasteiger partial charge in [0.2, 0.25) is 0 Å². The topological polar surface area (TPSA) is 46.1 Å². The highest BCUT2D eigenvalue weighted by Gasteiger charge is 2.24. The first kappa shape index (κ1) is 16.8. The molecule has 25 heavy (non-hydrogen) atoms. The van der Waals surface area contributed by atoms with Crippen molar-refractivity contribution in [1.29, 1.82) is 0 Å². The summed E-state index contributed by atoms with van der Waals surface area (Å²) in [6.07, 6.45) is 0. The number of carbonyl (C=O) groups excluding carboxylic acids is 1. The molecule has 1 heterocycles. The van der Waals surface area contributed by atoms with Gasteiger partial charge in [-0.25, -0.2) is 0 Å². The minimum atomic E-state index is -0.118. The molecule has 4 heteroatoms. The molecule has 3 aromatic rings. The highest BCUT2D eigenvalue weighted by atomic mass is 16.2. The van der Waals surface area contributed by atoms with Crippen molar-refractivity contribution in [2.75, 3.05) is 0 Å². The number of carbonyl (C=O) groups is 1. The molecular formula is C21H21N3O. The van der Waals surface area contributed by atoms with E-state index in [1.54, 1.807) is 6.07 Å². The van der Waals surface area contributed by atoms with Crippen LogP contribution >= 0.6 is 0 Å². The Morgan fingerprint density at radius 3 is 2.16 bits per heavy atom. The predicted molar refractivity (Wildman–Crippen MR) is 97.9 cm³/mol. The van der Waals surface area contributed by atoms with Gasteiger partial charge in [0, 0.05) is 6.54 Å². The highest BCUT2D eigenvalue weighted by Crippen LogP contribution is 2.24. The lowest BCUT2D eigenvalue weighted by Gasteiger charge is -2.29. The van der Waals surface area contributed by atoms with Crippen LogP contribution in [0, 0.1) is 6.92 Å². The van der Waals surface area contributed by atoms with Crippen molar-refractivity contribution in [2.45, 2.75) is 26.4 Å². The fourth-order valence-electron chi connectivity index (χ4n) is 2.74. The van der Waals surface area contributed by atoms with Gasteiger partial charge < -0.3 is 4.90 Å². The summed E-state index contributed by atoms with van der Waals surface area (Å²) in [5, 5.41) is 8.10. The van der Waals surface area contributed by atoms with E-state index in [0.717, 1.165) is 16.8 Å². The first-order chi connectivity index (χ1) is 12.1. The number of hydrogen-bond donors (Lipinski definition) is 0. The van der Waals surface area contributed by atoms with Crippen LogP contribution in [-0.4, -0.2) is 21.0 Å². The monoisotopic (exact) mass is 331 g/mol. The zero-order valence-electron chi connectivity index (χ0n) is 14.5. The molecule has 0 saturated heterocycles. The molecule has 0 fully saturated rings. The second-order valence-electron chi connectivity index (χ2n) is 6.07. The van der Waals surface area contributed by atoms with Crippen LogP contribution in [0.3, 0.4) is 0 Å². The molecule has 0 bridgehead atoms. The Bertz CT molecular complexity index is 817. The van der Waals surface area contributed by atoms with E-state index >= 15 is 0 Å². The number of hydrogen-bond acceptors (Lipinski definition) is 3. The average Bonchev–Trinajstić information content (AvgIpc) is 2.67. The Kier molecular flexibility index (Phi) is 5.19. The normalized spacial score (nSPS) is 11.8. The summed E-state index contributed by atoms with van der Waals surface area (Å²) in [6.45, 7) is 4.42. The van der Waals surface area contributed by atoms with Gasteiger partial charge in [-0.3, -0.25) is 4.79 Å². The molecule has 3 rings (SSSR count). The summed E-state index contributed by atoms with van der Waals surface area (Å²) < 4.78 is 0. The zero-order valence-corrected chi connectivity index (χ0v) is 14.5. The predicted octanol–water partition coefficient (Wildman–Crippen LogP) is 4.19. The second-order valence-corrected chi connectivity index (χ2v) is 6.07. The minimum Gasteiger partial charge on any atom is -0.326 e. The van der Waals surface area contributed by atoms with E-state index in [-0.39, 0.29) is 11.9 Å². The third kappa shape index (κ3) is 4.10. The van der Waals surface area contributed by atoms with Gasteiger partial charge in [-0.05, 0) is 37.1 Å². The molecule has 4 nitrogen and oxygen atoms in total. The maximum atomic E-state index is 13.1. The smallest absolute Gasteiger partial charge is 0.275 e. The van der Waals surface area contributed by atoms with Crippen LogP contribution in [-0.2, 0) is 6.54 Å². The number of rotatable bonds is 5. The second kappa shape index (κ2) is 7.71. The van der Waals surface area contributed by atoms with E-state index in [4.69, 9.17) is 0 Å². The van der Waals surface area contributed by atoms with Crippen LogP contribution in [0.2, 0.25) is 0 Å². The molecule has 0 saturated carbocycles. The molecule has 0 unspecified atom stereocenters. The Hall–Kier alpha value is -3.01.